The largest absolute Gasteiger partial charge is 0.416 e. The van der Waals surface area contributed by atoms with Gasteiger partial charge in [-0.3, -0.25) is 9.69 Å². The van der Waals surface area contributed by atoms with Crippen LogP contribution in [0.1, 0.15) is 33.5 Å². The maximum atomic E-state index is 12.8. The fraction of sp³-hybridized carbons (Fsp3) is 0.304. The van der Waals surface area contributed by atoms with Gasteiger partial charge in [-0.05, 0) is 38.0 Å². The molecule has 0 unspecified atom stereocenters. The van der Waals surface area contributed by atoms with Gasteiger partial charge in [-0.1, -0.05) is 41.5 Å². The van der Waals surface area contributed by atoms with E-state index in [2.05, 4.69) is 46.9 Å². The third-order valence-corrected chi connectivity index (χ3v) is 5.33. The predicted octanol–water partition coefficient (Wildman–Crippen LogP) is 4.63. The van der Waals surface area contributed by atoms with Crippen LogP contribution in [0, 0.1) is 13.8 Å². The van der Waals surface area contributed by atoms with Crippen LogP contribution in [0.5, 0.6) is 0 Å². The van der Waals surface area contributed by atoms with Crippen molar-refractivity contribution >= 4 is 0 Å². The number of aromatic amines is 1. The Bertz CT molecular complexity index is 1110. The molecule has 1 aliphatic rings. The minimum atomic E-state index is -4.40. The number of nitrogens with one attached hydrogen (secondary N) is 1. The average Bonchev–Trinajstić information content (AvgIpc) is 2.66. The molecule has 1 aromatic heterocycles. The van der Waals surface area contributed by atoms with Crippen molar-refractivity contribution in [1.29, 1.82) is 0 Å². The number of aryl methyl sites for hydroxylation is 2. The highest BCUT2D eigenvalue weighted by molar-refractivity contribution is 5.56. The van der Waals surface area contributed by atoms with E-state index >= 15 is 0 Å². The Morgan fingerprint density at radius 2 is 1.73 bits per heavy atom. The van der Waals surface area contributed by atoms with Crippen molar-refractivity contribution in [2.75, 3.05) is 6.54 Å². The molecule has 156 valence electrons. The molecule has 4 nitrogen and oxygen atoms in total. The Kier molecular flexibility index (Phi) is 5.24. The fourth-order valence-electron chi connectivity index (χ4n) is 4.00. The second kappa shape index (κ2) is 7.72. The fourth-order valence-corrected chi connectivity index (χ4v) is 4.00. The smallest absolute Gasteiger partial charge is 0.306 e. The first-order valence-corrected chi connectivity index (χ1v) is 9.78. The molecule has 2 aromatic carbocycles. The SMILES string of the molecule is Cc1cc(C)cc(CN2CCc3c(nc(-c4ccc(C(F)(F)F)cc4)[nH]c3=O)C2)c1. The number of rotatable bonds is 3. The van der Waals surface area contributed by atoms with Crippen LogP contribution in [0.25, 0.3) is 11.4 Å². The zero-order valence-corrected chi connectivity index (χ0v) is 16.8. The predicted molar refractivity (Wildman–Crippen MR) is 109 cm³/mol. The van der Waals surface area contributed by atoms with Gasteiger partial charge in [-0.15, -0.1) is 0 Å². The van der Waals surface area contributed by atoms with Gasteiger partial charge in [0.25, 0.3) is 5.56 Å². The maximum Gasteiger partial charge on any atom is 0.416 e. The first kappa shape index (κ1) is 20.3. The Balaban J connectivity index is 1.59. The third-order valence-electron chi connectivity index (χ3n) is 5.33. The summed E-state index contributed by atoms with van der Waals surface area (Å²) >= 11 is 0. The van der Waals surface area contributed by atoms with E-state index in [-0.39, 0.29) is 5.56 Å². The van der Waals surface area contributed by atoms with E-state index in [1.807, 2.05) is 0 Å². The Labute approximate surface area is 172 Å². The van der Waals surface area contributed by atoms with E-state index in [9.17, 15) is 18.0 Å². The van der Waals surface area contributed by atoms with Crippen molar-refractivity contribution < 1.29 is 13.2 Å². The standard InChI is InChI=1S/C23H22F3N3O/c1-14-9-15(2)11-16(10-14)12-29-8-7-19-20(13-29)27-21(28-22(19)30)17-3-5-18(6-4-17)23(24,25)26/h3-6,9-11H,7-8,12-13H2,1-2H3,(H,27,28,30). The van der Waals surface area contributed by atoms with Crippen LogP contribution < -0.4 is 5.56 Å². The molecule has 0 atom stereocenters. The van der Waals surface area contributed by atoms with Gasteiger partial charge >= 0.3 is 6.18 Å². The summed E-state index contributed by atoms with van der Waals surface area (Å²) in [7, 11) is 0. The highest BCUT2D eigenvalue weighted by atomic mass is 19.4. The zero-order chi connectivity index (χ0) is 21.5. The minimum absolute atomic E-state index is 0.221. The Hall–Kier alpha value is -2.93. The monoisotopic (exact) mass is 413 g/mol. The van der Waals surface area contributed by atoms with E-state index in [0.29, 0.717) is 35.6 Å². The molecule has 7 heteroatoms. The Morgan fingerprint density at radius 1 is 1.07 bits per heavy atom. The number of alkyl halides is 3. The van der Waals surface area contributed by atoms with Gasteiger partial charge < -0.3 is 4.98 Å². The minimum Gasteiger partial charge on any atom is -0.306 e. The molecule has 0 saturated carbocycles. The topological polar surface area (TPSA) is 49.0 Å². The lowest BCUT2D eigenvalue weighted by atomic mass is 10.0. The van der Waals surface area contributed by atoms with E-state index < -0.39 is 11.7 Å². The summed E-state index contributed by atoms with van der Waals surface area (Å²) in [5, 5.41) is 0. The van der Waals surface area contributed by atoms with Gasteiger partial charge in [0.15, 0.2) is 0 Å². The summed E-state index contributed by atoms with van der Waals surface area (Å²) in [5.41, 5.74) is 4.47. The second-order valence-electron chi connectivity index (χ2n) is 7.87. The number of nitrogens with zero attached hydrogens (tertiary/aromatic N) is 2. The molecule has 0 radical (unpaired) electrons. The number of fused-ring (bicyclic) bond motifs is 1. The molecule has 30 heavy (non-hydrogen) atoms. The molecule has 0 bridgehead atoms. The van der Waals surface area contributed by atoms with Crippen LogP contribution in [-0.4, -0.2) is 21.4 Å². The molecule has 0 spiro atoms. The highest BCUT2D eigenvalue weighted by Crippen LogP contribution is 2.30. The van der Waals surface area contributed by atoms with Gasteiger partial charge in [-0.2, -0.15) is 13.2 Å². The number of hydrogen-bond acceptors (Lipinski definition) is 3. The summed E-state index contributed by atoms with van der Waals surface area (Å²) < 4.78 is 38.4. The molecule has 3 aromatic rings. The van der Waals surface area contributed by atoms with E-state index in [4.69, 9.17) is 0 Å². The quantitative estimate of drug-likeness (QED) is 0.681. The number of H-pyrrole nitrogens is 1. The lowest BCUT2D eigenvalue weighted by Gasteiger charge is -2.28. The van der Waals surface area contributed by atoms with Crippen molar-refractivity contribution in [3.63, 3.8) is 0 Å². The van der Waals surface area contributed by atoms with Crippen LogP contribution in [0.2, 0.25) is 0 Å². The third kappa shape index (κ3) is 4.31. The molecule has 0 fully saturated rings. The summed E-state index contributed by atoms with van der Waals surface area (Å²) in [6.45, 7) is 6.18. The van der Waals surface area contributed by atoms with Crippen molar-refractivity contribution in [3.8, 4) is 11.4 Å². The van der Waals surface area contributed by atoms with Gasteiger partial charge in [0, 0.05) is 30.8 Å². The van der Waals surface area contributed by atoms with Gasteiger partial charge in [0.2, 0.25) is 0 Å². The normalized spacial score (nSPS) is 14.6. The molecule has 0 saturated heterocycles. The Morgan fingerprint density at radius 3 is 2.37 bits per heavy atom. The number of hydrogen-bond donors (Lipinski definition) is 1. The zero-order valence-electron chi connectivity index (χ0n) is 16.8. The lowest BCUT2D eigenvalue weighted by molar-refractivity contribution is -0.137. The number of halogens is 3. The van der Waals surface area contributed by atoms with Crippen LogP contribution in [0.4, 0.5) is 13.2 Å². The molecular weight excluding hydrogens is 391 g/mol. The number of benzene rings is 2. The molecule has 0 aliphatic carbocycles. The molecular formula is C23H22F3N3O. The highest BCUT2D eigenvalue weighted by Gasteiger charge is 2.30. The van der Waals surface area contributed by atoms with Crippen LogP contribution >= 0.6 is 0 Å². The summed E-state index contributed by atoms with van der Waals surface area (Å²) in [4.78, 5) is 22.1. The van der Waals surface area contributed by atoms with Crippen LogP contribution in [0.3, 0.4) is 0 Å². The molecule has 0 amide bonds. The van der Waals surface area contributed by atoms with Gasteiger partial charge in [0.05, 0.1) is 11.3 Å². The van der Waals surface area contributed by atoms with Crippen molar-refractivity contribution in [1.82, 2.24) is 14.9 Å². The lowest BCUT2D eigenvalue weighted by Crippen LogP contribution is -2.35. The maximum absolute atomic E-state index is 12.8. The summed E-state index contributed by atoms with van der Waals surface area (Å²) in [6.07, 6.45) is -3.81. The van der Waals surface area contributed by atoms with Crippen molar-refractivity contribution in [3.05, 3.63) is 86.3 Å². The van der Waals surface area contributed by atoms with Gasteiger partial charge in [-0.25, -0.2) is 4.98 Å². The first-order valence-electron chi connectivity index (χ1n) is 9.78. The second-order valence-corrected chi connectivity index (χ2v) is 7.87. The molecule has 4 rings (SSSR count). The van der Waals surface area contributed by atoms with Crippen LogP contribution in [0.15, 0.2) is 47.3 Å². The molecule has 1 aliphatic heterocycles. The van der Waals surface area contributed by atoms with Crippen LogP contribution in [-0.2, 0) is 25.7 Å². The average molecular weight is 413 g/mol. The van der Waals surface area contributed by atoms with E-state index in [1.165, 1.54) is 28.8 Å². The number of aromatic nitrogens is 2. The summed E-state index contributed by atoms with van der Waals surface area (Å²) in [5.74, 6) is 0.292. The summed E-state index contributed by atoms with van der Waals surface area (Å²) in [6, 6.07) is 11.1. The van der Waals surface area contributed by atoms with Crippen molar-refractivity contribution in [2.24, 2.45) is 0 Å². The van der Waals surface area contributed by atoms with Crippen molar-refractivity contribution in [2.45, 2.75) is 39.5 Å². The first-order chi connectivity index (χ1) is 14.2. The molecule has 2 heterocycles. The van der Waals surface area contributed by atoms with Gasteiger partial charge in [0.1, 0.15) is 5.82 Å². The molecule has 1 N–H and O–H groups in total. The van der Waals surface area contributed by atoms with E-state index in [0.717, 1.165) is 25.2 Å². The van der Waals surface area contributed by atoms with E-state index in [1.54, 1.807) is 0 Å².